The van der Waals surface area contributed by atoms with E-state index in [1.54, 1.807) is 41.2 Å². The summed E-state index contributed by atoms with van der Waals surface area (Å²) < 4.78 is 5.56. The van der Waals surface area contributed by atoms with Gasteiger partial charge in [0.1, 0.15) is 0 Å². The highest BCUT2D eigenvalue weighted by atomic mass is 16.5. The fourth-order valence-corrected chi connectivity index (χ4v) is 5.82. The van der Waals surface area contributed by atoms with E-state index >= 15 is 0 Å². The average molecular weight is 624 g/mol. The Balaban J connectivity index is 1.28. The number of likely N-dealkylation sites (N-methyl/N-ethyl adjacent to an activating group) is 1. The number of aromatic amines is 1. The number of aromatic nitrogens is 1. The number of amides is 3. The Hall–Kier alpha value is -5.12. The number of anilines is 3. The Labute approximate surface area is 268 Å². The molecule has 1 aliphatic rings. The van der Waals surface area contributed by atoms with E-state index in [1.165, 1.54) is 0 Å². The molecular formula is C36H41N5O5. The zero-order valence-electron chi connectivity index (χ0n) is 26.6. The lowest BCUT2D eigenvalue weighted by atomic mass is 9.97. The summed E-state index contributed by atoms with van der Waals surface area (Å²) in [6.07, 6.45) is 4.22. The fourth-order valence-electron chi connectivity index (χ4n) is 5.82. The Morgan fingerprint density at radius 2 is 1.80 bits per heavy atom. The van der Waals surface area contributed by atoms with Crippen molar-refractivity contribution in [1.82, 2.24) is 9.88 Å². The molecule has 4 aromatic rings. The maximum atomic E-state index is 13.2. The summed E-state index contributed by atoms with van der Waals surface area (Å²) in [5, 5.41) is 7.28. The summed E-state index contributed by atoms with van der Waals surface area (Å²) in [4.78, 5) is 57.3. The van der Waals surface area contributed by atoms with Crippen molar-refractivity contribution < 1.29 is 19.1 Å². The molecule has 0 bridgehead atoms. The first-order valence-electron chi connectivity index (χ1n) is 15.7. The molecule has 0 saturated carbocycles. The molecule has 3 amide bonds. The van der Waals surface area contributed by atoms with Crippen molar-refractivity contribution in [2.24, 2.45) is 0 Å². The number of benzene rings is 3. The van der Waals surface area contributed by atoms with Crippen LogP contribution in [0, 0.1) is 6.92 Å². The van der Waals surface area contributed by atoms with Crippen molar-refractivity contribution in [2.75, 3.05) is 42.3 Å². The second-order valence-electron chi connectivity index (χ2n) is 11.9. The van der Waals surface area contributed by atoms with Gasteiger partial charge in [0.15, 0.2) is 0 Å². The third kappa shape index (κ3) is 7.93. The van der Waals surface area contributed by atoms with Gasteiger partial charge in [-0.25, -0.2) is 4.79 Å². The molecule has 5 rings (SSSR count). The third-order valence-electron chi connectivity index (χ3n) is 8.43. The van der Waals surface area contributed by atoms with Crippen LogP contribution in [0.1, 0.15) is 55.2 Å². The standard InChI is InChI=1S/C36H41N5O5/c1-24-9-6-7-10-30(24)25(2)23-46-36(45)39-29-14-15-32(41-18-8-4-5-11-33(41)42)27(19-29)22-40(3)34(43)21-38-28-13-12-26-16-17-37-35(44)31(26)20-28/h6-7,9-10,12-17,19-20,25,38H,4-5,8,11,18,21-23H2,1-3H3,(H,37,44)(H,39,45). The smallest absolute Gasteiger partial charge is 0.411 e. The first-order valence-corrected chi connectivity index (χ1v) is 15.7. The molecule has 1 aromatic heterocycles. The highest BCUT2D eigenvalue weighted by Crippen LogP contribution is 2.29. The molecule has 2 heterocycles. The Morgan fingerprint density at radius 3 is 2.63 bits per heavy atom. The first-order chi connectivity index (χ1) is 22.2. The summed E-state index contributed by atoms with van der Waals surface area (Å²) in [5.41, 5.74) is 4.69. The summed E-state index contributed by atoms with van der Waals surface area (Å²) in [6.45, 7) is 5.09. The largest absolute Gasteiger partial charge is 0.449 e. The molecule has 1 aliphatic heterocycles. The Bertz CT molecular complexity index is 1780. The van der Waals surface area contributed by atoms with Crippen LogP contribution in [0.15, 0.2) is 77.7 Å². The van der Waals surface area contributed by atoms with Crippen molar-refractivity contribution >= 4 is 45.7 Å². The number of ether oxygens (including phenoxy) is 1. The van der Waals surface area contributed by atoms with Gasteiger partial charge in [-0.05, 0) is 78.2 Å². The van der Waals surface area contributed by atoms with E-state index in [0.717, 1.165) is 47.0 Å². The van der Waals surface area contributed by atoms with Crippen LogP contribution in [0.3, 0.4) is 0 Å². The Kier molecular flexibility index (Phi) is 10.4. The molecule has 1 unspecified atom stereocenters. The molecule has 0 radical (unpaired) electrons. The van der Waals surface area contributed by atoms with Crippen LogP contribution in [0.25, 0.3) is 10.8 Å². The molecule has 1 fully saturated rings. The quantitative estimate of drug-likeness (QED) is 0.194. The van der Waals surface area contributed by atoms with Crippen molar-refractivity contribution in [3.05, 3.63) is 100.0 Å². The minimum atomic E-state index is -0.576. The van der Waals surface area contributed by atoms with Gasteiger partial charge in [0, 0.05) is 61.1 Å². The van der Waals surface area contributed by atoms with Crippen LogP contribution >= 0.6 is 0 Å². The number of pyridine rings is 1. The number of carbonyl (C=O) groups excluding carboxylic acids is 3. The molecule has 10 nitrogen and oxygen atoms in total. The van der Waals surface area contributed by atoms with Crippen LogP contribution in [0.5, 0.6) is 0 Å². The summed E-state index contributed by atoms with van der Waals surface area (Å²) in [6, 6.07) is 20.6. The van der Waals surface area contributed by atoms with Gasteiger partial charge < -0.3 is 24.8 Å². The van der Waals surface area contributed by atoms with Gasteiger partial charge in [-0.3, -0.25) is 19.7 Å². The number of carbonyl (C=O) groups is 3. The van der Waals surface area contributed by atoms with Gasteiger partial charge in [-0.15, -0.1) is 0 Å². The van der Waals surface area contributed by atoms with Crippen LogP contribution in [-0.2, 0) is 20.9 Å². The minimum absolute atomic E-state index is 0.00800. The normalized spacial score (nSPS) is 14.0. The molecule has 0 spiro atoms. The average Bonchev–Trinajstić information content (AvgIpc) is 3.27. The fraction of sp³-hybridized carbons (Fsp3) is 0.333. The molecule has 240 valence electrons. The number of nitrogens with one attached hydrogen (secondary N) is 3. The monoisotopic (exact) mass is 623 g/mol. The molecule has 0 aliphatic carbocycles. The number of rotatable bonds is 10. The first kappa shape index (κ1) is 32.3. The van der Waals surface area contributed by atoms with Crippen LogP contribution < -0.4 is 21.1 Å². The van der Waals surface area contributed by atoms with Crippen LogP contribution in [0.4, 0.5) is 21.9 Å². The molecular weight excluding hydrogens is 582 g/mol. The summed E-state index contributed by atoms with van der Waals surface area (Å²) >= 11 is 0. The molecule has 10 heteroatoms. The second-order valence-corrected chi connectivity index (χ2v) is 11.9. The summed E-state index contributed by atoms with van der Waals surface area (Å²) in [7, 11) is 1.70. The maximum absolute atomic E-state index is 13.2. The van der Waals surface area contributed by atoms with E-state index in [1.807, 2.05) is 62.4 Å². The lowest BCUT2D eigenvalue weighted by Gasteiger charge is -2.27. The highest BCUT2D eigenvalue weighted by Gasteiger charge is 2.23. The number of aryl methyl sites for hydroxylation is 1. The SMILES string of the molecule is Cc1ccccc1C(C)COC(=O)Nc1ccc(N2CCCCCC2=O)c(CN(C)C(=O)CNc2ccc3cc[nH]c(=O)c3c2)c1. The summed E-state index contributed by atoms with van der Waals surface area (Å²) in [5.74, 6) is -0.105. The minimum Gasteiger partial charge on any atom is -0.449 e. The molecule has 3 N–H and O–H groups in total. The van der Waals surface area contributed by atoms with E-state index in [9.17, 15) is 19.2 Å². The highest BCUT2D eigenvalue weighted by molar-refractivity contribution is 5.95. The van der Waals surface area contributed by atoms with E-state index in [-0.39, 0.29) is 43.0 Å². The second kappa shape index (κ2) is 14.8. The number of fused-ring (bicyclic) bond motifs is 1. The van der Waals surface area contributed by atoms with Gasteiger partial charge in [0.2, 0.25) is 11.8 Å². The number of H-pyrrole nitrogens is 1. The van der Waals surface area contributed by atoms with Crippen molar-refractivity contribution in [2.45, 2.75) is 52.0 Å². The topological polar surface area (TPSA) is 124 Å². The van der Waals surface area contributed by atoms with Crippen LogP contribution in [-0.4, -0.2) is 54.5 Å². The van der Waals surface area contributed by atoms with Crippen LogP contribution in [0.2, 0.25) is 0 Å². The van der Waals surface area contributed by atoms with Gasteiger partial charge in [0.05, 0.1) is 13.2 Å². The number of hydrogen-bond donors (Lipinski definition) is 3. The van der Waals surface area contributed by atoms with Gasteiger partial charge in [-0.2, -0.15) is 0 Å². The number of nitrogens with zero attached hydrogens (tertiary/aromatic N) is 2. The van der Waals surface area contributed by atoms with E-state index in [4.69, 9.17) is 4.74 Å². The van der Waals surface area contributed by atoms with E-state index in [0.29, 0.717) is 29.7 Å². The zero-order chi connectivity index (χ0) is 32.6. The maximum Gasteiger partial charge on any atom is 0.411 e. The van der Waals surface area contributed by atoms with E-state index < -0.39 is 6.09 Å². The predicted octanol–water partition coefficient (Wildman–Crippen LogP) is 6.17. The van der Waals surface area contributed by atoms with Crippen molar-refractivity contribution in [3.8, 4) is 0 Å². The van der Waals surface area contributed by atoms with Gasteiger partial charge in [0.25, 0.3) is 5.56 Å². The zero-order valence-corrected chi connectivity index (χ0v) is 26.6. The molecule has 1 atom stereocenters. The van der Waals surface area contributed by atoms with Gasteiger partial charge >= 0.3 is 6.09 Å². The lowest BCUT2D eigenvalue weighted by molar-refractivity contribution is -0.128. The number of hydrogen-bond acceptors (Lipinski definition) is 6. The van der Waals surface area contributed by atoms with Gasteiger partial charge in [-0.1, -0.05) is 43.7 Å². The molecule has 46 heavy (non-hydrogen) atoms. The predicted molar refractivity (Wildman–Crippen MR) is 181 cm³/mol. The lowest BCUT2D eigenvalue weighted by Crippen LogP contribution is -2.34. The van der Waals surface area contributed by atoms with Crippen molar-refractivity contribution in [3.63, 3.8) is 0 Å². The van der Waals surface area contributed by atoms with E-state index in [2.05, 4.69) is 15.6 Å². The third-order valence-corrected chi connectivity index (χ3v) is 8.43. The van der Waals surface area contributed by atoms with Crippen molar-refractivity contribution in [1.29, 1.82) is 0 Å². The molecule has 1 saturated heterocycles. The molecule has 3 aromatic carbocycles. The Morgan fingerprint density at radius 1 is 1.00 bits per heavy atom.